The Balaban J connectivity index is 1.35. The van der Waals surface area contributed by atoms with Crippen molar-refractivity contribution in [2.45, 2.75) is 49.2 Å². The summed E-state index contributed by atoms with van der Waals surface area (Å²) < 4.78 is 5.89. The maximum atomic E-state index is 12.7. The minimum Gasteiger partial charge on any atom is -0.489 e. The SMILES string of the molecule is O=C(Cc1cccc(OCc2ccccc2)c1)C1CC2CCC(C1)S2. The van der Waals surface area contributed by atoms with Crippen molar-refractivity contribution in [3.05, 3.63) is 65.7 Å². The molecule has 0 aromatic heterocycles. The first-order valence-corrected chi connectivity index (χ1v) is 10.1. The van der Waals surface area contributed by atoms with E-state index in [4.69, 9.17) is 4.74 Å². The molecule has 2 aliphatic heterocycles. The van der Waals surface area contributed by atoms with Crippen LogP contribution in [0.5, 0.6) is 5.75 Å². The van der Waals surface area contributed by atoms with Crippen molar-refractivity contribution in [2.24, 2.45) is 5.92 Å². The second-order valence-corrected chi connectivity index (χ2v) is 8.80. The average molecular weight is 352 g/mol. The van der Waals surface area contributed by atoms with Gasteiger partial charge in [0.15, 0.2) is 0 Å². The first-order chi connectivity index (χ1) is 12.3. The van der Waals surface area contributed by atoms with Crippen LogP contribution < -0.4 is 4.74 Å². The monoisotopic (exact) mass is 352 g/mol. The van der Waals surface area contributed by atoms with Gasteiger partial charge in [0, 0.05) is 22.8 Å². The fraction of sp³-hybridized carbons (Fsp3) is 0.409. The van der Waals surface area contributed by atoms with E-state index in [1.165, 1.54) is 12.8 Å². The number of carbonyl (C=O) groups excluding carboxylic acids is 1. The summed E-state index contributed by atoms with van der Waals surface area (Å²) in [4.78, 5) is 12.7. The first-order valence-electron chi connectivity index (χ1n) is 9.20. The van der Waals surface area contributed by atoms with E-state index in [1.807, 2.05) is 42.5 Å². The van der Waals surface area contributed by atoms with E-state index >= 15 is 0 Å². The molecule has 2 nitrogen and oxygen atoms in total. The Kier molecular flexibility index (Phi) is 5.12. The van der Waals surface area contributed by atoms with E-state index < -0.39 is 0 Å². The standard InChI is InChI=1S/C22H24O2S/c23-22(18-13-20-9-10-21(14-18)25-20)12-17-7-4-8-19(11-17)24-15-16-5-2-1-3-6-16/h1-8,11,18,20-21H,9-10,12-15H2. The molecular formula is C22H24O2S. The Morgan fingerprint density at radius 3 is 2.44 bits per heavy atom. The normalized spacial score (nSPS) is 24.9. The lowest BCUT2D eigenvalue weighted by molar-refractivity contribution is -0.122. The van der Waals surface area contributed by atoms with Gasteiger partial charge in [0.1, 0.15) is 18.1 Å². The van der Waals surface area contributed by atoms with Crippen molar-refractivity contribution >= 4 is 17.5 Å². The molecule has 3 heteroatoms. The Morgan fingerprint density at radius 1 is 0.960 bits per heavy atom. The van der Waals surface area contributed by atoms with Gasteiger partial charge in [-0.25, -0.2) is 0 Å². The van der Waals surface area contributed by atoms with Gasteiger partial charge in [0.25, 0.3) is 0 Å². The average Bonchev–Trinajstić information content (AvgIpc) is 2.99. The van der Waals surface area contributed by atoms with Gasteiger partial charge in [-0.05, 0) is 48.9 Å². The molecule has 0 spiro atoms. The van der Waals surface area contributed by atoms with Crippen LogP contribution in [0, 0.1) is 5.92 Å². The maximum absolute atomic E-state index is 12.7. The number of carbonyl (C=O) groups is 1. The van der Waals surface area contributed by atoms with Crippen molar-refractivity contribution in [1.82, 2.24) is 0 Å². The molecule has 0 aliphatic carbocycles. The molecule has 2 aliphatic rings. The molecule has 2 heterocycles. The van der Waals surface area contributed by atoms with Crippen molar-refractivity contribution in [3.63, 3.8) is 0 Å². The summed E-state index contributed by atoms with van der Waals surface area (Å²) in [6.07, 6.45) is 5.33. The van der Waals surface area contributed by atoms with Gasteiger partial charge >= 0.3 is 0 Å². The second kappa shape index (κ2) is 7.65. The smallest absolute Gasteiger partial charge is 0.140 e. The molecule has 2 fully saturated rings. The molecule has 2 aromatic rings. The molecule has 0 saturated carbocycles. The predicted octanol–water partition coefficient (Wildman–Crippen LogP) is 5.05. The van der Waals surface area contributed by atoms with Crippen LogP contribution in [0.3, 0.4) is 0 Å². The third-order valence-electron chi connectivity index (χ3n) is 5.27. The molecule has 2 bridgehead atoms. The minimum absolute atomic E-state index is 0.271. The molecule has 0 N–H and O–H groups in total. The van der Waals surface area contributed by atoms with Crippen LogP contribution in [0.1, 0.15) is 36.8 Å². The molecular weight excluding hydrogens is 328 g/mol. The third kappa shape index (κ3) is 4.27. The summed E-state index contributed by atoms with van der Waals surface area (Å²) in [6.45, 7) is 0.557. The molecule has 2 aromatic carbocycles. The van der Waals surface area contributed by atoms with Gasteiger partial charge in [-0.1, -0.05) is 42.5 Å². The van der Waals surface area contributed by atoms with Gasteiger partial charge in [0.2, 0.25) is 0 Å². The van der Waals surface area contributed by atoms with Crippen LogP contribution >= 0.6 is 11.8 Å². The van der Waals surface area contributed by atoms with Gasteiger partial charge in [-0.3, -0.25) is 4.79 Å². The summed E-state index contributed by atoms with van der Waals surface area (Å²) in [7, 11) is 0. The molecule has 0 amide bonds. The summed E-state index contributed by atoms with van der Waals surface area (Å²) >= 11 is 2.11. The zero-order valence-corrected chi connectivity index (χ0v) is 15.2. The summed E-state index contributed by atoms with van der Waals surface area (Å²) in [6, 6.07) is 18.2. The Hall–Kier alpha value is -1.74. The number of thioether (sulfide) groups is 1. The van der Waals surface area contributed by atoms with Gasteiger partial charge in [0.05, 0.1) is 0 Å². The van der Waals surface area contributed by atoms with E-state index in [2.05, 4.69) is 23.9 Å². The van der Waals surface area contributed by atoms with Crippen LogP contribution in [-0.2, 0) is 17.8 Å². The van der Waals surface area contributed by atoms with Crippen molar-refractivity contribution in [3.8, 4) is 5.75 Å². The number of hydrogen-bond donors (Lipinski definition) is 0. The summed E-state index contributed by atoms with van der Waals surface area (Å²) in [5, 5.41) is 1.46. The van der Waals surface area contributed by atoms with Gasteiger partial charge in [-0.2, -0.15) is 11.8 Å². The Morgan fingerprint density at radius 2 is 1.68 bits per heavy atom. The first kappa shape index (κ1) is 16.7. The highest BCUT2D eigenvalue weighted by molar-refractivity contribution is 8.00. The number of rotatable bonds is 6. The van der Waals surface area contributed by atoms with Crippen molar-refractivity contribution in [1.29, 1.82) is 0 Å². The van der Waals surface area contributed by atoms with Crippen LogP contribution in [0.2, 0.25) is 0 Å². The third-order valence-corrected chi connectivity index (χ3v) is 6.90. The predicted molar refractivity (Wildman–Crippen MR) is 103 cm³/mol. The molecule has 4 rings (SSSR count). The van der Waals surface area contributed by atoms with E-state index in [1.54, 1.807) is 0 Å². The molecule has 130 valence electrons. The molecule has 2 saturated heterocycles. The minimum atomic E-state index is 0.271. The van der Waals surface area contributed by atoms with Gasteiger partial charge in [-0.15, -0.1) is 0 Å². The van der Waals surface area contributed by atoms with Crippen LogP contribution in [0.15, 0.2) is 54.6 Å². The number of hydrogen-bond acceptors (Lipinski definition) is 3. The molecule has 2 atom stereocenters. The zero-order chi connectivity index (χ0) is 17.1. The number of ketones is 1. The summed E-state index contributed by atoms with van der Waals surface area (Å²) in [5.74, 6) is 1.53. The topological polar surface area (TPSA) is 26.3 Å². The Bertz CT molecular complexity index is 716. The van der Waals surface area contributed by atoms with E-state index in [9.17, 15) is 4.79 Å². The van der Waals surface area contributed by atoms with Crippen LogP contribution in [0.25, 0.3) is 0 Å². The van der Waals surface area contributed by atoms with E-state index in [-0.39, 0.29) is 5.92 Å². The van der Waals surface area contributed by atoms with E-state index in [0.717, 1.165) is 40.2 Å². The fourth-order valence-electron chi connectivity index (χ4n) is 3.95. The van der Waals surface area contributed by atoms with Crippen molar-refractivity contribution < 1.29 is 9.53 Å². The lowest BCUT2D eigenvalue weighted by Gasteiger charge is -2.26. The van der Waals surface area contributed by atoms with Crippen LogP contribution in [0.4, 0.5) is 0 Å². The largest absolute Gasteiger partial charge is 0.489 e. The second-order valence-electron chi connectivity index (χ2n) is 7.19. The maximum Gasteiger partial charge on any atom is 0.140 e. The van der Waals surface area contributed by atoms with Gasteiger partial charge < -0.3 is 4.74 Å². The highest BCUT2D eigenvalue weighted by atomic mass is 32.2. The number of Topliss-reactive ketones (excluding diaryl/α,β-unsaturated/α-hetero) is 1. The molecule has 25 heavy (non-hydrogen) atoms. The van der Waals surface area contributed by atoms with Crippen LogP contribution in [-0.4, -0.2) is 16.3 Å². The van der Waals surface area contributed by atoms with Crippen molar-refractivity contribution in [2.75, 3.05) is 0 Å². The number of benzene rings is 2. The number of ether oxygens (including phenoxy) is 1. The summed E-state index contributed by atoms with van der Waals surface area (Å²) in [5.41, 5.74) is 2.22. The lowest BCUT2D eigenvalue weighted by atomic mass is 9.91. The zero-order valence-electron chi connectivity index (χ0n) is 14.4. The highest BCUT2D eigenvalue weighted by Gasteiger charge is 2.37. The quantitative estimate of drug-likeness (QED) is 0.727. The Labute approximate surface area is 154 Å². The molecule has 0 radical (unpaired) electrons. The van der Waals surface area contributed by atoms with E-state index in [0.29, 0.717) is 18.8 Å². The highest BCUT2D eigenvalue weighted by Crippen LogP contribution is 2.46. The lowest BCUT2D eigenvalue weighted by Crippen LogP contribution is -2.25. The molecule has 2 unspecified atom stereocenters. The fourth-order valence-corrected chi connectivity index (χ4v) is 5.73. The number of fused-ring (bicyclic) bond motifs is 2.